The summed E-state index contributed by atoms with van der Waals surface area (Å²) in [5.41, 5.74) is 0. The Morgan fingerprint density at radius 3 is 2.69 bits per heavy atom. The van der Waals surface area contributed by atoms with Crippen LogP contribution in [0.4, 0.5) is 0 Å². The quantitative estimate of drug-likeness (QED) is 0.740. The maximum Gasteiger partial charge on any atom is 0.240 e. The van der Waals surface area contributed by atoms with Gasteiger partial charge in [-0.05, 0) is 32.6 Å². The number of fused-ring (bicyclic) bond motifs is 1. The fourth-order valence-corrected chi connectivity index (χ4v) is 2.97. The summed E-state index contributed by atoms with van der Waals surface area (Å²) in [6.45, 7) is 2.47. The third kappa shape index (κ3) is 1.63. The van der Waals surface area contributed by atoms with Gasteiger partial charge in [0.15, 0.2) is 6.79 Å². The summed E-state index contributed by atoms with van der Waals surface area (Å²) >= 11 is 0. The number of ether oxygens (including phenoxy) is 2. The first-order valence-corrected chi connectivity index (χ1v) is 6.07. The highest BCUT2D eigenvalue weighted by Crippen LogP contribution is 2.32. The van der Waals surface area contributed by atoms with E-state index in [9.17, 15) is 4.79 Å². The summed E-state index contributed by atoms with van der Waals surface area (Å²) in [5.74, 6) is 0.223. The van der Waals surface area contributed by atoms with E-state index in [4.69, 9.17) is 9.47 Å². The van der Waals surface area contributed by atoms with Crippen molar-refractivity contribution >= 4 is 5.91 Å². The zero-order valence-corrected chi connectivity index (χ0v) is 9.52. The summed E-state index contributed by atoms with van der Waals surface area (Å²) in [6, 6.07) is 0.746. The maximum absolute atomic E-state index is 12.2. The Labute approximate surface area is 95.1 Å². The third-order valence-electron chi connectivity index (χ3n) is 3.90. The monoisotopic (exact) mass is 226 g/mol. The van der Waals surface area contributed by atoms with Gasteiger partial charge in [-0.2, -0.15) is 0 Å². The molecule has 1 N–H and O–H groups in total. The summed E-state index contributed by atoms with van der Waals surface area (Å²) in [4.78, 5) is 14.3. The maximum atomic E-state index is 12.2. The van der Waals surface area contributed by atoms with E-state index in [2.05, 4.69) is 17.1 Å². The van der Waals surface area contributed by atoms with Gasteiger partial charge in [-0.1, -0.05) is 0 Å². The van der Waals surface area contributed by atoms with Crippen LogP contribution in [0, 0.1) is 0 Å². The van der Waals surface area contributed by atoms with Gasteiger partial charge in [-0.15, -0.1) is 0 Å². The second-order valence-corrected chi connectivity index (χ2v) is 4.91. The topological polar surface area (TPSA) is 50.8 Å². The summed E-state index contributed by atoms with van der Waals surface area (Å²) in [7, 11) is 0. The van der Waals surface area contributed by atoms with Gasteiger partial charge in [-0.3, -0.25) is 10.1 Å². The lowest BCUT2D eigenvalue weighted by molar-refractivity contribution is -0.335. The molecule has 3 aliphatic rings. The number of carbonyl (C=O) groups is 1. The molecule has 0 unspecified atom stereocenters. The fraction of sp³-hybridized carbons (Fsp3) is 0.909. The van der Waals surface area contributed by atoms with Gasteiger partial charge < -0.3 is 14.4 Å². The second-order valence-electron chi connectivity index (χ2n) is 4.91. The standard InChI is InChI=1S/C11H18N2O3/c1-7-2-3-8-4-5-9(10(14)13(7)8)12-11-15-6-16-11/h7-9,11-12H,2-6H2,1H3/t7-,8+,9+/m1/s1. The van der Waals surface area contributed by atoms with Crippen LogP contribution in [0.15, 0.2) is 0 Å². The zero-order chi connectivity index (χ0) is 11.1. The molecule has 5 heteroatoms. The van der Waals surface area contributed by atoms with Crippen molar-refractivity contribution in [3.05, 3.63) is 0 Å². The van der Waals surface area contributed by atoms with Gasteiger partial charge in [0.05, 0.1) is 6.04 Å². The number of hydrogen-bond donors (Lipinski definition) is 1. The van der Waals surface area contributed by atoms with Gasteiger partial charge >= 0.3 is 0 Å². The van der Waals surface area contributed by atoms with Gasteiger partial charge in [0.25, 0.3) is 0 Å². The highest BCUT2D eigenvalue weighted by molar-refractivity contribution is 5.83. The van der Waals surface area contributed by atoms with E-state index in [0.29, 0.717) is 18.9 Å². The molecular weight excluding hydrogens is 208 g/mol. The highest BCUT2D eigenvalue weighted by atomic mass is 16.9. The molecule has 3 rings (SSSR count). The first-order chi connectivity index (χ1) is 7.75. The van der Waals surface area contributed by atoms with Crippen LogP contribution >= 0.6 is 0 Å². The van der Waals surface area contributed by atoms with E-state index < -0.39 is 0 Å². The van der Waals surface area contributed by atoms with E-state index >= 15 is 0 Å². The van der Waals surface area contributed by atoms with Crippen molar-refractivity contribution in [1.82, 2.24) is 10.2 Å². The number of nitrogens with one attached hydrogen (secondary N) is 1. The van der Waals surface area contributed by atoms with Crippen LogP contribution in [0.1, 0.15) is 32.6 Å². The van der Waals surface area contributed by atoms with Gasteiger partial charge in [0.2, 0.25) is 12.3 Å². The smallest absolute Gasteiger partial charge is 0.240 e. The Kier molecular flexibility index (Phi) is 2.61. The lowest BCUT2D eigenvalue weighted by Gasteiger charge is -2.39. The van der Waals surface area contributed by atoms with Crippen LogP contribution in [0.3, 0.4) is 0 Å². The van der Waals surface area contributed by atoms with Crippen LogP contribution in [0.25, 0.3) is 0 Å². The summed E-state index contributed by atoms with van der Waals surface area (Å²) in [6.07, 6.45) is 3.93. The first-order valence-electron chi connectivity index (χ1n) is 6.07. The van der Waals surface area contributed by atoms with Gasteiger partial charge in [0.1, 0.15) is 0 Å². The molecule has 0 bridgehead atoms. The predicted octanol–water partition coefficient (Wildman–Crippen LogP) is 0.406. The Bertz CT molecular complexity index is 293. The third-order valence-corrected chi connectivity index (χ3v) is 3.90. The molecule has 3 heterocycles. The molecule has 3 fully saturated rings. The van der Waals surface area contributed by atoms with Crippen LogP contribution in [-0.2, 0) is 14.3 Å². The molecule has 0 aromatic carbocycles. The second kappa shape index (κ2) is 3.98. The molecule has 0 spiro atoms. The van der Waals surface area contributed by atoms with E-state index in [1.807, 2.05) is 0 Å². The number of amides is 1. The molecule has 3 atom stereocenters. The minimum absolute atomic E-state index is 0.123. The largest absolute Gasteiger partial charge is 0.336 e. The Hall–Kier alpha value is -0.650. The van der Waals surface area contributed by atoms with Crippen molar-refractivity contribution in [2.24, 2.45) is 0 Å². The molecule has 3 aliphatic heterocycles. The normalized spacial score (nSPS) is 39.7. The number of carbonyl (C=O) groups excluding carboxylic acids is 1. The Balaban J connectivity index is 1.65. The van der Waals surface area contributed by atoms with Crippen molar-refractivity contribution in [1.29, 1.82) is 0 Å². The van der Waals surface area contributed by atoms with E-state index in [1.165, 1.54) is 0 Å². The SMILES string of the molecule is C[C@@H]1CC[C@H]2CC[C@H](NC3OCO3)C(=O)N21. The van der Waals surface area contributed by atoms with Crippen LogP contribution in [-0.4, -0.2) is 42.1 Å². The summed E-state index contributed by atoms with van der Waals surface area (Å²) in [5, 5.41) is 3.10. The molecule has 3 saturated heterocycles. The van der Waals surface area contributed by atoms with E-state index in [0.717, 1.165) is 25.7 Å². The Morgan fingerprint density at radius 1 is 1.25 bits per heavy atom. The molecule has 90 valence electrons. The van der Waals surface area contributed by atoms with Crippen molar-refractivity contribution in [3.8, 4) is 0 Å². The van der Waals surface area contributed by atoms with Gasteiger partial charge in [-0.25, -0.2) is 0 Å². The fourth-order valence-electron chi connectivity index (χ4n) is 2.97. The molecule has 0 aromatic rings. The Morgan fingerprint density at radius 2 is 2.00 bits per heavy atom. The lowest BCUT2D eigenvalue weighted by atomic mass is 9.98. The number of piperidine rings is 1. The number of hydrogen-bond acceptors (Lipinski definition) is 4. The average molecular weight is 226 g/mol. The van der Waals surface area contributed by atoms with Crippen LogP contribution in [0.2, 0.25) is 0 Å². The molecule has 1 amide bonds. The molecule has 5 nitrogen and oxygen atoms in total. The van der Waals surface area contributed by atoms with E-state index in [-0.39, 0.29) is 18.4 Å². The molecule has 0 aliphatic carbocycles. The molecule has 16 heavy (non-hydrogen) atoms. The lowest BCUT2D eigenvalue weighted by Crippen LogP contribution is -2.59. The van der Waals surface area contributed by atoms with Crippen molar-refractivity contribution in [2.45, 2.75) is 57.1 Å². The number of nitrogens with zero attached hydrogens (tertiary/aromatic N) is 1. The zero-order valence-electron chi connectivity index (χ0n) is 9.52. The minimum Gasteiger partial charge on any atom is -0.336 e. The first kappa shape index (κ1) is 10.5. The van der Waals surface area contributed by atoms with Crippen LogP contribution < -0.4 is 5.32 Å². The average Bonchev–Trinajstić information content (AvgIpc) is 2.57. The molecule has 0 aromatic heterocycles. The highest BCUT2D eigenvalue weighted by Gasteiger charge is 2.42. The van der Waals surface area contributed by atoms with Crippen molar-refractivity contribution in [2.75, 3.05) is 6.79 Å². The predicted molar refractivity (Wildman–Crippen MR) is 56.3 cm³/mol. The summed E-state index contributed by atoms with van der Waals surface area (Å²) < 4.78 is 10.2. The molecule has 0 saturated carbocycles. The van der Waals surface area contributed by atoms with E-state index in [1.54, 1.807) is 0 Å². The van der Waals surface area contributed by atoms with Gasteiger partial charge in [0, 0.05) is 12.1 Å². The number of rotatable bonds is 2. The minimum atomic E-state index is -0.372. The molecule has 0 radical (unpaired) electrons. The van der Waals surface area contributed by atoms with Crippen molar-refractivity contribution in [3.63, 3.8) is 0 Å². The van der Waals surface area contributed by atoms with Crippen LogP contribution in [0.5, 0.6) is 0 Å². The molecular formula is C11H18N2O3. The van der Waals surface area contributed by atoms with Crippen molar-refractivity contribution < 1.29 is 14.3 Å².